The van der Waals surface area contributed by atoms with Gasteiger partial charge < -0.3 is 29.4 Å². The zero-order chi connectivity index (χ0) is 26.3. The largest absolute Gasteiger partial charge is 0.493 e. The lowest BCUT2D eigenvalue weighted by atomic mass is 10.1. The number of aromatic nitrogens is 2. The molecule has 0 spiro atoms. The third kappa shape index (κ3) is 5.77. The Morgan fingerprint density at radius 3 is 2.66 bits per heavy atom. The summed E-state index contributed by atoms with van der Waals surface area (Å²) in [5.74, 6) is 1.07. The Labute approximate surface area is 220 Å². The number of morpholine rings is 1. The topological polar surface area (TPSA) is 112 Å². The molecule has 1 aliphatic heterocycles. The smallest absolute Gasteiger partial charge is 0.262 e. The van der Waals surface area contributed by atoms with Crippen molar-refractivity contribution in [1.82, 2.24) is 9.97 Å². The van der Waals surface area contributed by atoms with Crippen LogP contribution in [0.2, 0.25) is 0 Å². The first-order chi connectivity index (χ1) is 18.6. The van der Waals surface area contributed by atoms with Crippen LogP contribution in [0.3, 0.4) is 0 Å². The monoisotopic (exact) mass is 509 g/mol. The van der Waals surface area contributed by atoms with E-state index in [9.17, 15) is 10.1 Å². The normalized spacial score (nSPS) is 13.7. The fourth-order valence-corrected chi connectivity index (χ4v) is 4.21. The number of H-pyrrole nitrogens is 1. The zero-order valence-corrected chi connectivity index (χ0v) is 20.9. The number of rotatable bonds is 8. The maximum Gasteiger partial charge on any atom is 0.262 e. The van der Waals surface area contributed by atoms with Gasteiger partial charge in [0.25, 0.3) is 5.91 Å². The van der Waals surface area contributed by atoms with Gasteiger partial charge in [-0.1, -0.05) is 18.2 Å². The van der Waals surface area contributed by atoms with Crippen LogP contribution in [0, 0.1) is 11.3 Å². The van der Waals surface area contributed by atoms with Gasteiger partial charge in [-0.15, -0.1) is 0 Å². The summed E-state index contributed by atoms with van der Waals surface area (Å²) < 4.78 is 16.6. The lowest BCUT2D eigenvalue weighted by Gasteiger charge is -2.28. The van der Waals surface area contributed by atoms with Crippen molar-refractivity contribution in [1.29, 1.82) is 5.26 Å². The molecule has 38 heavy (non-hydrogen) atoms. The van der Waals surface area contributed by atoms with Crippen molar-refractivity contribution in [3.05, 3.63) is 78.1 Å². The number of fused-ring (bicyclic) bond motifs is 1. The molecule has 1 aliphatic rings. The van der Waals surface area contributed by atoms with E-state index in [0.29, 0.717) is 28.6 Å². The van der Waals surface area contributed by atoms with Crippen LogP contribution in [-0.4, -0.2) is 55.9 Å². The van der Waals surface area contributed by atoms with Crippen LogP contribution in [0.25, 0.3) is 22.7 Å². The summed E-state index contributed by atoms with van der Waals surface area (Å²) in [7, 11) is 1.52. The number of carbonyl (C=O) groups excluding carboxylic acids is 1. The van der Waals surface area contributed by atoms with Crippen molar-refractivity contribution in [3.63, 3.8) is 0 Å². The first-order valence-electron chi connectivity index (χ1n) is 12.2. The molecule has 2 N–H and O–H groups in total. The van der Waals surface area contributed by atoms with Gasteiger partial charge in [-0.3, -0.25) is 4.79 Å². The number of ether oxygens (including phenoxy) is 3. The predicted octanol–water partition coefficient (Wildman–Crippen LogP) is 4.49. The Morgan fingerprint density at radius 1 is 1.13 bits per heavy atom. The highest BCUT2D eigenvalue weighted by Crippen LogP contribution is 2.30. The van der Waals surface area contributed by atoms with Crippen molar-refractivity contribution >= 4 is 40.0 Å². The molecule has 5 rings (SSSR count). The number of amides is 1. The maximum absolute atomic E-state index is 12.5. The van der Waals surface area contributed by atoms with E-state index in [1.807, 2.05) is 48.5 Å². The molecule has 0 aliphatic carbocycles. The predicted molar refractivity (Wildman–Crippen MR) is 146 cm³/mol. The van der Waals surface area contributed by atoms with Crippen molar-refractivity contribution in [2.24, 2.45) is 0 Å². The number of imidazole rings is 1. The van der Waals surface area contributed by atoms with E-state index in [4.69, 9.17) is 14.2 Å². The Kier molecular flexibility index (Phi) is 7.52. The summed E-state index contributed by atoms with van der Waals surface area (Å²) in [5, 5.41) is 12.6. The number of benzene rings is 3. The van der Waals surface area contributed by atoms with Gasteiger partial charge in [0.2, 0.25) is 0 Å². The molecule has 2 heterocycles. The highest BCUT2D eigenvalue weighted by atomic mass is 16.5. The summed E-state index contributed by atoms with van der Waals surface area (Å²) in [5.41, 5.74) is 4.55. The molecule has 9 heteroatoms. The van der Waals surface area contributed by atoms with Crippen LogP contribution >= 0.6 is 0 Å². The van der Waals surface area contributed by atoms with E-state index in [2.05, 4.69) is 26.3 Å². The van der Waals surface area contributed by atoms with Crippen LogP contribution in [0.15, 0.2) is 66.7 Å². The molecule has 0 atom stereocenters. The molecule has 1 saturated heterocycles. The first-order valence-corrected chi connectivity index (χ1v) is 12.2. The van der Waals surface area contributed by atoms with Crippen LogP contribution < -0.4 is 19.7 Å². The third-order valence-corrected chi connectivity index (χ3v) is 6.15. The Bertz CT molecular complexity index is 1460. The minimum atomic E-state index is -0.285. The van der Waals surface area contributed by atoms with E-state index < -0.39 is 0 Å². The molecule has 1 aromatic heterocycles. The second-order valence-corrected chi connectivity index (χ2v) is 8.67. The highest BCUT2D eigenvalue weighted by Gasteiger charge is 2.13. The number of hydrogen-bond acceptors (Lipinski definition) is 7. The van der Waals surface area contributed by atoms with Crippen molar-refractivity contribution in [2.45, 2.75) is 0 Å². The fraction of sp³-hybridized carbons (Fsp3) is 0.207. The molecule has 4 aromatic rings. The van der Waals surface area contributed by atoms with E-state index in [1.54, 1.807) is 24.3 Å². The quantitative estimate of drug-likeness (QED) is 0.337. The number of hydrogen-bond donors (Lipinski definition) is 2. The molecular weight excluding hydrogens is 482 g/mol. The number of allylic oxidation sites excluding steroid dienone is 1. The molecule has 0 radical (unpaired) electrons. The molecule has 0 unspecified atom stereocenters. The standard InChI is InChI=1S/C29H27N5O4/c1-36-27-17-20(16-21(18-30)29-32-24-4-2-3-5-25(24)33-29)6-11-26(27)38-19-28(35)31-22-7-9-23(10-8-22)34-12-14-37-15-13-34/h2-11,16-17H,12-15,19H2,1H3,(H,31,35)(H,32,33)/b21-16+. The average Bonchev–Trinajstić information content (AvgIpc) is 3.40. The van der Waals surface area contributed by atoms with Crippen LogP contribution in [0.5, 0.6) is 11.5 Å². The van der Waals surface area contributed by atoms with Gasteiger partial charge in [-0.05, 0) is 60.2 Å². The van der Waals surface area contributed by atoms with E-state index in [0.717, 1.165) is 48.6 Å². The molecular formula is C29H27N5O4. The number of nitriles is 1. The molecule has 1 amide bonds. The van der Waals surface area contributed by atoms with Gasteiger partial charge in [-0.2, -0.15) is 5.26 Å². The van der Waals surface area contributed by atoms with E-state index in [1.165, 1.54) is 7.11 Å². The minimum absolute atomic E-state index is 0.181. The second-order valence-electron chi connectivity index (χ2n) is 8.67. The van der Waals surface area contributed by atoms with Crippen molar-refractivity contribution in [2.75, 3.05) is 50.2 Å². The minimum Gasteiger partial charge on any atom is -0.493 e. The Morgan fingerprint density at radius 2 is 1.92 bits per heavy atom. The van der Waals surface area contributed by atoms with Crippen molar-refractivity contribution in [3.8, 4) is 17.6 Å². The summed E-state index contributed by atoms with van der Waals surface area (Å²) in [6.07, 6.45) is 1.72. The van der Waals surface area contributed by atoms with Gasteiger partial charge in [0.05, 0.1) is 36.9 Å². The Hall–Kier alpha value is -4.81. The third-order valence-electron chi connectivity index (χ3n) is 6.15. The number of anilines is 2. The fourth-order valence-electron chi connectivity index (χ4n) is 4.21. The summed E-state index contributed by atoms with van der Waals surface area (Å²) in [6.45, 7) is 2.97. The average molecular weight is 510 g/mol. The summed E-state index contributed by atoms with van der Waals surface area (Å²) in [6, 6.07) is 22.8. The first kappa shape index (κ1) is 24.9. The van der Waals surface area contributed by atoms with E-state index in [-0.39, 0.29) is 12.5 Å². The molecule has 0 bridgehead atoms. The maximum atomic E-state index is 12.5. The van der Waals surface area contributed by atoms with Gasteiger partial charge in [-0.25, -0.2) is 4.98 Å². The van der Waals surface area contributed by atoms with Gasteiger partial charge >= 0.3 is 0 Å². The second kappa shape index (κ2) is 11.5. The number of nitrogens with one attached hydrogen (secondary N) is 2. The van der Waals surface area contributed by atoms with Crippen LogP contribution in [0.1, 0.15) is 11.4 Å². The Balaban J connectivity index is 1.22. The number of carbonyl (C=O) groups is 1. The molecule has 9 nitrogen and oxygen atoms in total. The zero-order valence-electron chi connectivity index (χ0n) is 20.9. The number of methoxy groups -OCH3 is 1. The van der Waals surface area contributed by atoms with Crippen LogP contribution in [0.4, 0.5) is 11.4 Å². The molecule has 1 fully saturated rings. The highest BCUT2D eigenvalue weighted by molar-refractivity contribution is 5.92. The summed E-state index contributed by atoms with van der Waals surface area (Å²) in [4.78, 5) is 22.4. The van der Waals surface area contributed by atoms with Gasteiger partial charge in [0, 0.05) is 24.5 Å². The van der Waals surface area contributed by atoms with Gasteiger partial charge in [0.1, 0.15) is 11.9 Å². The summed E-state index contributed by atoms with van der Waals surface area (Å²) >= 11 is 0. The SMILES string of the molecule is COc1cc(/C=C(\C#N)c2nc3ccccc3[nH]2)ccc1OCC(=O)Nc1ccc(N2CCOCC2)cc1. The molecule has 0 saturated carbocycles. The number of nitrogens with zero attached hydrogens (tertiary/aromatic N) is 3. The number of aromatic amines is 1. The lowest BCUT2D eigenvalue weighted by molar-refractivity contribution is -0.118. The molecule has 3 aromatic carbocycles. The molecule has 192 valence electrons. The van der Waals surface area contributed by atoms with Gasteiger partial charge in [0.15, 0.2) is 18.1 Å². The van der Waals surface area contributed by atoms with Crippen LogP contribution in [-0.2, 0) is 9.53 Å². The lowest BCUT2D eigenvalue weighted by Crippen LogP contribution is -2.36. The number of para-hydroxylation sites is 2. The van der Waals surface area contributed by atoms with E-state index >= 15 is 0 Å². The van der Waals surface area contributed by atoms with Crippen molar-refractivity contribution < 1.29 is 19.0 Å².